The summed E-state index contributed by atoms with van der Waals surface area (Å²) < 4.78 is 7.13. The number of carbonyl (C=O) groups excluding carboxylic acids is 4. The summed E-state index contributed by atoms with van der Waals surface area (Å²) in [6.07, 6.45) is 2.58. The molecular weight excluding hydrogens is 474 g/mol. The summed E-state index contributed by atoms with van der Waals surface area (Å²) in [5, 5.41) is 0. The van der Waals surface area contributed by atoms with E-state index in [0.29, 0.717) is 5.56 Å². The average molecular weight is 494 g/mol. The Morgan fingerprint density at radius 2 is 1.44 bits per heavy atom. The van der Waals surface area contributed by atoms with Crippen LogP contribution >= 0.6 is 15.9 Å². The fourth-order valence-corrected chi connectivity index (χ4v) is 6.28. The molecule has 7 heteroatoms. The number of amides is 2. The molecule has 0 aromatic heterocycles. The second-order valence-corrected chi connectivity index (χ2v) is 9.93. The molecule has 0 N–H and O–H groups in total. The van der Waals surface area contributed by atoms with Gasteiger partial charge in [-0.1, -0.05) is 65.2 Å². The SMILES string of the molecule is O=C1[C@@H]2[C@H](c3ccc(Br)cc3)OC3(C(=O)c4ccccc4C3=O)[C@H]2C(=O)N1C1CCCC1. The van der Waals surface area contributed by atoms with Crippen LogP contribution in [0.25, 0.3) is 0 Å². The lowest BCUT2D eigenvalue weighted by molar-refractivity contribution is -0.147. The molecule has 3 fully saturated rings. The third-order valence-electron chi connectivity index (χ3n) is 7.44. The quantitative estimate of drug-likeness (QED) is 0.468. The molecule has 32 heavy (non-hydrogen) atoms. The first-order valence-electron chi connectivity index (χ1n) is 10.9. The van der Waals surface area contributed by atoms with Gasteiger partial charge in [0.15, 0.2) is 0 Å². The first kappa shape index (κ1) is 20.0. The Morgan fingerprint density at radius 1 is 0.844 bits per heavy atom. The molecule has 1 saturated carbocycles. The maximum atomic E-state index is 13.7. The highest BCUT2D eigenvalue weighted by Gasteiger charge is 2.75. The zero-order valence-corrected chi connectivity index (χ0v) is 18.7. The van der Waals surface area contributed by atoms with Gasteiger partial charge >= 0.3 is 0 Å². The number of hydrogen-bond donors (Lipinski definition) is 0. The molecule has 162 valence electrons. The standard InChI is InChI=1S/C25H20BrNO5/c26-14-11-9-13(10-12-14)20-18-19(24(31)27(23(18)30)15-5-1-2-6-15)25(32-20)21(28)16-7-3-4-8-17(16)22(25)29/h3-4,7-12,15,18-20H,1-2,5-6H2/t18-,19+,20-/m0/s1. The number of rotatable bonds is 2. The summed E-state index contributed by atoms with van der Waals surface area (Å²) in [6, 6.07) is 13.6. The highest BCUT2D eigenvalue weighted by molar-refractivity contribution is 9.10. The Labute approximate surface area is 193 Å². The third-order valence-corrected chi connectivity index (χ3v) is 7.97. The zero-order valence-electron chi connectivity index (χ0n) is 17.1. The lowest BCUT2D eigenvalue weighted by atomic mass is 9.77. The summed E-state index contributed by atoms with van der Waals surface area (Å²) in [5.74, 6) is -3.83. The minimum absolute atomic E-state index is 0.169. The van der Waals surface area contributed by atoms with Crippen molar-refractivity contribution in [3.63, 3.8) is 0 Å². The number of nitrogens with zero attached hydrogens (tertiary/aromatic N) is 1. The van der Waals surface area contributed by atoms with E-state index in [0.717, 1.165) is 30.2 Å². The molecular formula is C25H20BrNO5. The van der Waals surface area contributed by atoms with Gasteiger partial charge in [-0.25, -0.2) is 0 Å². The Hall–Kier alpha value is -2.64. The maximum Gasteiger partial charge on any atom is 0.237 e. The van der Waals surface area contributed by atoms with E-state index in [1.54, 1.807) is 36.4 Å². The normalized spacial score (nSPS) is 28.8. The highest BCUT2D eigenvalue weighted by atomic mass is 79.9. The zero-order chi connectivity index (χ0) is 22.2. The largest absolute Gasteiger partial charge is 0.349 e. The van der Waals surface area contributed by atoms with Gasteiger partial charge in [0, 0.05) is 21.6 Å². The van der Waals surface area contributed by atoms with Crippen molar-refractivity contribution in [1.82, 2.24) is 4.90 Å². The van der Waals surface area contributed by atoms with Crippen LogP contribution in [0.15, 0.2) is 53.0 Å². The Balaban J connectivity index is 1.52. The minimum atomic E-state index is -1.98. The number of carbonyl (C=O) groups is 4. The number of ether oxygens (including phenoxy) is 1. The molecule has 6 nitrogen and oxygen atoms in total. The molecule has 2 aromatic carbocycles. The number of benzene rings is 2. The van der Waals surface area contributed by atoms with Crippen molar-refractivity contribution in [2.45, 2.75) is 43.4 Å². The van der Waals surface area contributed by atoms with E-state index >= 15 is 0 Å². The van der Waals surface area contributed by atoms with Crippen LogP contribution in [0, 0.1) is 11.8 Å². The number of halogens is 1. The summed E-state index contributed by atoms with van der Waals surface area (Å²) in [6.45, 7) is 0. The summed E-state index contributed by atoms with van der Waals surface area (Å²) in [7, 11) is 0. The Kier molecular flexibility index (Phi) is 4.33. The number of ketones is 2. The van der Waals surface area contributed by atoms with Crippen LogP contribution in [0.4, 0.5) is 0 Å². The van der Waals surface area contributed by atoms with E-state index in [9.17, 15) is 19.2 Å². The fourth-order valence-electron chi connectivity index (χ4n) is 6.02. The second-order valence-electron chi connectivity index (χ2n) is 9.02. The Morgan fingerprint density at radius 3 is 2.03 bits per heavy atom. The molecule has 2 aliphatic carbocycles. The molecule has 0 radical (unpaired) electrons. The fraction of sp³-hybridized carbons (Fsp3) is 0.360. The second kappa shape index (κ2) is 6.93. The summed E-state index contributed by atoms with van der Waals surface area (Å²) in [5.41, 5.74) is -0.794. The van der Waals surface area contributed by atoms with Crippen LogP contribution in [0.5, 0.6) is 0 Å². The predicted molar refractivity (Wildman–Crippen MR) is 117 cm³/mol. The first-order valence-corrected chi connectivity index (χ1v) is 11.7. The highest BCUT2D eigenvalue weighted by Crippen LogP contribution is 2.58. The number of fused-ring (bicyclic) bond motifs is 3. The lowest BCUT2D eigenvalue weighted by Gasteiger charge is -2.29. The van der Waals surface area contributed by atoms with Gasteiger partial charge in [-0.05, 0) is 30.5 Å². The number of Topliss-reactive ketones (excluding diaryl/α,β-unsaturated/α-hetero) is 2. The van der Waals surface area contributed by atoms with Gasteiger partial charge in [-0.15, -0.1) is 0 Å². The molecule has 6 rings (SSSR count). The molecule has 1 spiro atoms. The Bertz CT molecular complexity index is 1150. The average Bonchev–Trinajstić information content (AvgIpc) is 3.54. The van der Waals surface area contributed by atoms with E-state index < -0.39 is 41.0 Å². The van der Waals surface area contributed by atoms with Crippen molar-refractivity contribution in [1.29, 1.82) is 0 Å². The topological polar surface area (TPSA) is 80.8 Å². The monoisotopic (exact) mass is 493 g/mol. The van der Waals surface area contributed by atoms with E-state index in [-0.39, 0.29) is 23.1 Å². The molecule has 0 unspecified atom stereocenters. The van der Waals surface area contributed by atoms with Gasteiger partial charge < -0.3 is 4.74 Å². The van der Waals surface area contributed by atoms with Crippen LogP contribution in [-0.2, 0) is 14.3 Å². The van der Waals surface area contributed by atoms with Gasteiger partial charge in [0.1, 0.15) is 0 Å². The van der Waals surface area contributed by atoms with E-state index in [1.165, 1.54) is 4.90 Å². The van der Waals surface area contributed by atoms with Gasteiger partial charge in [0.2, 0.25) is 29.0 Å². The number of likely N-dealkylation sites (tertiary alicyclic amines) is 1. The van der Waals surface area contributed by atoms with Crippen LogP contribution < -0.4 is 0 Å². The van der Waals surface area contributed by atoms with Gasteiger partial charge in [-0.2, -0.15) is 0 Å². The minimum Gasteiger partial charge on any atom is -0.349 e. The van der Waals surface area contributed by atoms with Gasteiger partial charge in [0.25, 0.3) is 0 Å². The molecule has 2 aliphatic heterocycles. The molecule has 0 bridgehead atoms. The first-order chi connectivity index (χ1) is 15.4. The van der Waals surface area contributed by atoms with Crippen LogP contribution in [0.3, 0.4) is 0 Å². The third kappa shape index (κ3) is 2.43. The maximum absolute atomic E-state index is 13.7. The van der Waals surface area contributed by atoms with Crippen molar-refractivity contribution in [2.75, 3.05) is 0 Å². The van der Waals surface area contributed by atoms with Crippen molar-refractivity contribution in [2.24, 2.45) is 11.8 Å². The van der Waals surface area contributed by atoms with Crippen molar-refractivity contribution >= 4 is 39.3 Å². The lowest BCUT2D eigenvalue weighted by Crippen LogP contribution is -2.51. The van der Waals surface area contributed by atoms with E-state index in [4.69, 9.17) is 4.74 Å². The van der Waals surface area contributed by atoms with Crippen molar-refractivity contribution < 1.29 is 23.9 Å². The van der Waals surface area contributed by atoms with Crippen LogP contribution in [0.2, 0.25) is 0 Å². The molecule has 2 aromatic rings. The van der Waals surface area contributed by atoms with Crippen molar-refractivity contribution in [3.05, 3.63) is 69.7 Å². The van der Waals surface area contributed by atoms with Gasteiger partial charge in [-0.3, -0.25) is 24.1 Å². The van der Waals surface area contributed by atoms with Gasteiger partial charge in [0.05, 0.1) is 17.9 Å². The number of hydrogen-bond acceptors (Lipinski definition) is 5. The predicted octanol–water partition coefficient (Wildman–Crippen LogP) is 3.88. The van der Waals surface area contributed by atoms with Crippen LogP contribution in [0.1, 0.15) is 58.1 Å². The molecule has 4 aliphatic rings. The molecule has 3 atom stereocenters. The van der Waals surface area contributed by atoms with Crippen LogP contribution in [-0.4, -0.2) is 39.9 Å². The summed E-state index contributed by atoms with van der Waals surface area (Å²) >= 11 is 3.41. The van der Waals surface area contributed by atoms with E-state index in [1.807, 2.05) is 12.1 Å². The van der Waals surface area contributed by atoms with Crippen molar-refractivity contribution in [3.8, 4) is 0 Å². The molecule has 2 heterocycles. The summed E-state index contributed by atoms with van der Waals surface area (Å²) in [4.78, 5) is 56.0. The number of imide groups is 1. The smallest absolute Gasteiger partial charge is 0.237 e. The molecule has 2 amide bonds. The van der Waals surface area contributed by atoms with E-state index in [2.05, 4.69) is 15.9 Å². The molecule has 2 saturated heterocycles.